The molecule has 1 spiro atoms. The predicted molar refractivity (Wildman–Crippen MR) is 135 cm³/mol. The quantitative estimate of drug-likeness (QED) is 0.279. The van der Waals surface area contributed by atoms with E-state index in [4.69, 9.17) is 9.47 Å². The van der Waals surface area contributed by atoms with Gasteiger partial charge in [-0.15, -0.1) is 0 Å². The first-order valence-electron chi connectivity index (χ1n) is 14.4. The van der Waals surface area contributed by atoms with Crippen molar-refractivity contribution >= 4 is 11.8 Å². The van der Waals surface area contributed by atoms with Crippen molar-refractivity contribution in [2.45, 2.75) is 119 Å². The summed E-state index contributed by atoms with van der Waals surface area (Å²) in [5.74, 6) is 0.886. The molecule has 4 fully saturated rings. The van der Waals surface area contributed by atoms with Gasteiger partial charge in [-0.05, 0) is 67.1 Å². The molecule has 2 saturated carbocycles. The van der Waals surface area contributed by atoms with Crippen LogP contribution in [-0.4, -0.2) is 23.6 Å². The molecule has 10 atom stereocenters. The summed E-state index contributed by atoms with van der Waals surface area (Å²) < 4.78 is 13.4. The van der Waals surface area contributed by atoms with E-state index < -0.39 is 5.79 Å². The molecule has 6 rings (SSSR count). The van der Waals surface area contributed by atoms with E-state index in [0.717, 1.165) is 32.1 Å². The maximum Gasteiger partial charge on any atom is 0.311 e. The molecule has 2 saturated heterocycles. The molecule has 0 aromatic rings. The molecule has 0 aromatic heterocycles. The molecule has 0 unspecified atom stereocenters. The molecule has 194 valence electrons. The summed E-state index contributed by atoms with van der Waals surface area (Å²) in [7, 11) is 0. The van der Waals surface area contributed by atoms with E-state index in [1.165, 1.54) is 12.8 Å². The highest BCUT2D eigenvalue weighted by atomic mass is 16.7. The number of carbonyl (C=O) groups is 2. The Morgan fingerprint density at radius 3 is 2.26 bits per heavy atom. The van der Waals surface area contributed by atoms with Gasteiger partial charge >= 0.3 is 5.97 Å². The lowest BCUT2D eigenvalue weighted by Gasteiger charge is -2.62. The second-order valence-corrected chi connectivity index (χ2v) is 14.7. The van der Waals surface area contributed by atoms with Crippen LogP contribution in [0, 0.1) is 51.2 Å². The van der Waals surface area contributed by atoms with E-state index in [2.05, 4.69) is 48.5 Å². The molecule has 4 nitrogen and oxygen atoms in total. The van der Waals surface area contributed by atoms with Gasteiger partial charge < -0.3 is 9.47 Å². The normalized spacial score (nSPS) is 54.7. The van der Waals surface area contributed by atoms with Gasteiger partial charge in [-0.3, -0.25) is 9.59 Å². The highest BCUT2D eigenvalue weighted by Gasteiger charge is 2.70. The molecule has 2 aliphatic heterocycles. The second-order valence-electron chi connectivity index (χ2n) is 14.7. The minimum atomic E-state index is -0.802. The first-order chi connectivity index (χ1) is 16.2. The summed E-state index contributed by atoms with van der Waals surface area (Å²) in [4.78, 5) is 25.8. The standard InChI is InChI=1S/C31H46O4/c1-17-16-31(19(3)18(2)26(33)35-31)34-25-15-22-21(29(7)14-11-20(17)30(25,29)8)9-10-23-27(4,5)24(32)12-13-28(22,23)6/h17-20,23,25H,9-16H2,1-8H3/t17-,18+,19+,20-,23-,25-,28-,29+,30+,31+/m1/s1. The summed E-state index contributed by atoms with van der Waals surface area (Å²) in [6.07, 6.45) is 8.13. The van der Waals surface area contributed by atoms with Crippen LogP contribution in [0.5, 0.6) is 0 Å². The van der Waals surface area contributed by atoms with Crippen molar-refractivity contribution < 1.29 is 19.1 Å². The summed E-state index contributed by atoms with van der Waals surface area (Å²) in [5, 5.41) is 0. The molecule has 0 amide bonds. The molecular weight excluding hydrogens is 436 g/mol. The number of hydrogen-bond donors (Lipinski definition) is 0. The van der Waals surface area contributed by atoms with Crippen LogP contribution in [0.15, 0.2) is 11.1 Å². The highest BCUT2D eigenvalue weighted by Crippen LogP contribution is 2.74. The fraction of sp³-hybridized carbons (Fsp3) is 0.871. The number of Topliss-reactive ketones (excluding diaryl/α,β-unsaturated/α-hetero) is 1. The van der Waals surface area contributed by atoms with Gasteiger partial charge in [0.2, 0.25) is 5.79 Å². The van der Waals surface area contributed by atoms with Crippen molar-refractivity contribution in [3.05, 3.63) is 11.1 Å². The van der Waals surface area contributed by atoms with Crippen LogP contribution in [0.25, 0.3) is 0 Å². The molecule has 35 heavy (non-hydrogen) atoms. The summed E-state index contributed by atoms with van der Waals surface area (Å²) in [5.41, 5.74) is 3.24. The number of carbonyl (C=O) groups excluding carboxylic acids is 2. The minimum absolute atomic E-state index is 0.0376. The lowest BCUT2D eigenvalue weighted by atomic mass is 9.43. The predicted octanol–water partition coefficient (Wildman–Crippen LogP) is 6.87. The minimum Gasteiger partial charge on any atom is -0.432 e. The molecule has 0 radical (unpaired) electrons. The number of rotatable bonds is 0. The number of hydrogen-bond acceptors (Lipinski definition) is 4. The van der Waals surface area contributed by atoms with E-state index in [1.54, 1.807) is 11.1 Å². The summed E-state index contributed by atoms with van der Waals surface area (Å²) in [6, 6.07) is 0. The number of fused-ring (bicyclic) bond motifs is 3. The van der Waals surface area contributed by atoms with Gasteiger partial charge in [-0.25, -0.2) is 0 Å². The second kappa shape index (κ2) is 7.03. The Morgan fingerprint density at radius 2 is 1.60 bits per heavy atom. The smallest absolute Gasteiger partial charge is 0.311 e. The van der Waals surface area contributed by atoms with Crippen LogP contribution >= 0.6 is 0 Å². The largest absolute Gasteiger partial charge is 0.432 e. The van der Waals surface area contributed by atoms with Crippen molar-refractivity contribution in [3.63, 3.8) is 0 Å². The number of allylic oxidation sites excluding steroid dienone is 1. The van der Waals surface area contributed by atoms with Crippen molar-refractivity contribution in [2.24, 2.45) is 51.2 Å². The molecule has 0 N–H and O–H groups in total. The van der Waals surface area contributed by atoms with E-state index in [0.29, 0.717) is 30.0 Å². The van der Waals surface area contributed by atoms with Crippen LogP contribution in [0.3, 0.4) is 0 Å². The lowest BCUT2D eigenvalue weighted by Crippen LogP contribution is -2.58. The van der Waals surface area contributed by atoms with Crippen LogP contribution in [0.1, 0.15) is 107 Å². The Hall–Kier alpha value is -1.16. The Balaban J connectivity index is 1.50. The maximum absolute atomic E-state index is 13.0. The Labute approximate surface area is 212 Å². The average molecular weight is 483 g/mol. The highest BCUT2D eigenvalue weighted by molar-refractivity contribution is 5.85. The molecular formula is C31H46O4. The summed E-state index contributed by atoms with van der Waals surface area (Å²) in [6.45, 7) is 18.5. The van der Waals surface area contributed by atoms with Crippen molar-refractivity contribution in [1.82, 2.24) is 0 Å². The van der Waals surface area contributed by atoms with Crippen molar-refractivity contribution in [3.8, 4) is 0 Å². The van der Waals surface area contributed by atoms with E-state index in [-0.39, 0.29) is 45.6 Å². The Bertz CT molecular complexity index is 1030. The van der Waals surface area contributed by atoms with Crippen LogP contribution in [-0.2, 0) is 19.1 Å². The first kappa shape index (κ1) is 24.2. The fourth-order valence-corrected chi connectivity index (χ4v) is 10.8. The third-order valence-electron chi connectivity index (χ3n) is 13.3. The number of ether oxygens (including phenoxy) is 2. The van der Waals surface area contributed by atoms with Gasteiger partial charge in [0.1, 0.15) is 5.78 Å². The number of esters is 1. The Kier molecular flexibility index (Phi) is 4.86. The van der Waals surface area contributed by atoms with Crippen molar-refractivity contribution in [1.29, 1.82) is 0 Å². The molecule has 2 heterocycles. The van der Waals surface area contributed by atoms with Crippen LogP contribution in [0.2, 0.25) is 0 Å². The fourth-order valence-electron chi connectivity index (χ4n) is 10.8. The average Bonchev–Trinajstić information content (AvgIpc) is 3.14. The van der Waals surface area contributed by atoms with Gasteiger partial charge in [0.15, 0.2) is 0 Å². The maximum atomic E-state index is 13.0. The van der Waals surface area contributed by atoms with Gasteiger partial charge in [0.25, 0.3) is 0 Å². The van der Waals surface area contributed by atoms with Crippen LogP contribution in [0.4, 0.5) is 0 Å². The van der Waals surface area contributed by atoms with Gasteiger partial charge in [-0.2, -0.15) is 0 Å². The van der Waals surface area contributed by atoms with Crippen LogP contribution < -0.4 is 0 Å². The summed E-state index contributed by atoms with van der Waals surface area (Å²) >= 11 is 0. The zero-order valence-corrected chi connectivity index (χ0v) is 23.3. The first-order valence-corrected chi connectivity index (χ1v) is 14.4. The van der Waals surface area contributed by atoms with Gasteiger partial charge in [0.05, 0.1) is 12.0 Å². The molecule has 4 aliphatic carbocycles. The van der Waals surface area contributed by atoms with Gasteiger partial charge in [0, 0.05) is 29.6 Å². The van der Waals surface area contributed by atoms with Crippen molar-refractivity contribution in [2.75, 3.05) is 0 Å². The monoisotopic (exact) mass is 482 g/mol. The molecule has 4 heteroatoms. The Morgan fingerprint density at radius 1 is 0.886 bits per heavy atom. The molecule has 0 bridgehead atoms. The lowest BCUT2D eigenvalue weighted by molar-refractivity contribution is -0.269. The van der Waals surface area contributed by atoms with E-state index in [9.17, 15) is 9.59 Å². The molecule has 0 aromatic carbocycles. The molecule has 6 aliphatic rings. The zero-order valence-electron chi connectivity index (χ0n) is 23.3. The number of ketones is 1. The van der Waals surface area contributed by atoms with E-state index >= 15 is 0 Å². The topological polar surface area (TPSA) is 52.6 Å². The SMILES string of the molecule is C[C@@H]1C[C@@]2(OC(=O)[C@@H](C)[C@@H]2C)O[C@@H]2CC3=C(CC[C@@H]4C(C)(C)C(=O)CC[C@]34C)[C@]3(C)CC[C@H]1[C@@]23C. The van der Waals surface area contributed by atoms with Gasteiger partial charge in [-0.1, -0.05) is 66.5 Å². The zero-order chi connectivity index (χ0) is 25.3. The van der Waals surface area contributed by atoms with E-state index in [1.807, 2.05) is 6.92 Å². The third kappa shape index (κ3) is 2.69. The third-order valence-corrected chi connectivity index (χ3v) is 13.3.